The van der Waals surface area contributed by atoms with Crippen LogP contribution in [0.3, 0.4) is 0 Å². The largest absolute Gasteiger partial charge is 0.628 e. The molecule has 12 nitrogen and oxygen atoms in total. The van der Waals surface area contributed by atoms with E-state index in [1.807, 2.05) is 0 Å². The zero-order valence-corrected chi connectivity index (χ0v) is 22.7. The average Bonchev–Trinajstić information content (AvgIpc) is 3.48. The molecule has 1 aromatic heterocycles. The van der Waals surface area contributed by atoms with Crippen LogP contribution in [0.25, 0.3) is 5.57 Å². The number of aliphatic carboxylic acids is 1. The number of likely N-dealkylation sites (N-methyl/N-ethyl adjacent to an activating group) is 1. The number of thiazole rings is 1. The number of hydrogen-bond donors (Lipinski definition) is 3. The second-order valence-electron chi connectivity index (χ2n) is 9.07. The Morgan fingerprint density at radius 3 is 2.61 bits per heavy atom. The van der Waals surface area contributed by atoms with E-state index in [1.165, 1.54) is 36.3 Å². The fraction of sp³-hybridized carbons (Fsp3) is 0.524. The number of carbonyl (C=O) groups is 3. The number of nitrogen functional groups attached to an aromatic ring is 1. The fourth-order valence-corrected chi connectivity index (χ4v) is 7.56. The summed E-state index contributed by atoms with van der Waals surface area (Å²) in [5.41, 5.74) is 6.47. The number of anilines is 1. The fourth-order valence-electron chi connectivity index (χ4n) is 4.73. The first-order valence-electron chi connectivity index (χ1n) is 11.2. The molecular formula is C21H29N5O7PS2+. The SMILES string of the molecule is CO[P+]([O-])(/C=C(/C(=O)N[C@@H]1C(=O)N2C(C(=O)O)=C(C[N+]3(C)CCCC3)CS[C@H]12)c1csc(N)n1)OC. The maximum absolute atomic E-state index is 13.2. The van der Waals surface area contributed by atoms with Gasteiger partial charge in [0, 0.05) is 29.5 Å². The van der Waals surface area contributed by atoms with Crippen molar-refractivity contribution in [2.45, 2.75) is 24.3 Å². The number of carboxylic acids is 1. The lowest BCUT2D eigenvalue weighted by Gasteiger charge is -2.49. The molecule has 3 aliphatic heterocycles. The minimum atomic E-state index is -3.76. The first kappa shape index (κ1) is 27.0. The molecule has 1 aromatic rings. The molecule has 4 rings (SSSR count). The van der Waals surface area contributed by atoms with Crippen molar-refractivity contribution in [3.63, 3.8) is 0 Å². The van der Waals surface area contributed by atoms with Gasteiger partial charge in [-0.25, -0.2) is 18.8 Å². The van der Waals surface area contributed by atoms with E-state index in [2.05, 4.69) is 17.3 Å². The predicted molar refractivity (Wildman–Crippen MR) is 135 cm³/mol. The van der Waals surface area contributed by atoms with E-state index < -0.39 is 37.1 Å². The van der Waals surface area contributed by atoms with E-state index >= 15 is 0 Å². The lowest BCUT2D eigenvalue weighted by Crippen LogP contribution is -2.70. The predicted octanol–water partition coefficient (Wildman–Crippen LogP) is 0.461. The Balaban J connectivity index is 1.57. The van der Waals surface area contributed by atoms with Crippen molar-refractivity contribution < 1.29 is 37.9 Å². The summed E-state index contributed by atoms with van der Waals surface area (Å²) in [6, 6.07) is -0.959. The molecule has 4 N–H and O–H groups in total. The van der Waals surface area contributed by atoms with Gasteiger partial charge in [0.2, 0.25) is 0 Å². The summed E-state index contributed by atoms with van der Waals surface area (Å²) in [5, 5.41) is 13.7. The topological polar surface area (TPSA) is 167 Å². The van der Waals surface area contributed by atoms with Crippen molar-refractivity contribution in [3.05, 3.63) is 28.2 Å². The molecule has 2 fully saturated rings. The molecule has 2 atom stereocenters. The zero-order valence-electron chi connectivity index (χ0n) is 20.1. The van der Waals surface area contributed by atoms with Gasteiger partial charge in [0.1, 0.15) is 35.0 Å². The smallest absolute Gasteiger partial charge is 0.352 e. The number of nitrogens with two attached hydrogens (primary N) is 1. The highest BCUT2D eigenvalue weighted by atomic mass is 32.2. The molecule has 0 aliphatic carbocycles. The molecule has 0 spiro atoms. The molecule has 0 aromatic carbocycles. The Morgan fingerprint density at radius 2 is 2.06 bits per heavy atom. The number of aromatic nitrogens is 1. The highest BCUT2D eigenvalue weighted by molar-refractivity contribution is 8.00. The first-order valence-corrected chi connectivity index (χ1v) is 14.7. The number of nitrogens with zero attached hydrogens (tertiary/aromatic N) is 3. The maximum atomic E-state index is 13.2. The first-order chi connectivity index (χ1) is 17.0. The molecule has 2 saturated heterocycles. The van der Waals surface area contributed by atoms with Crippen LogP contribution < -0.4 is 15.9 Å². The molecule has 0 unspecified atom stereocenters. The van der Waals surface area contributed by atoms with Gasteiger partial charge in [0.15, 0.2) is 5.13 Å². The van der Waals surface area contributed by atoms with Crippen LogP contribution >= 0.6 is 31.0 Å². The van der Waals surface area contributed by atoms with E-state index in [4.69, 9.17) is 14.8 Å². The van der Waals surface area contributed by atoms with Crippen LogP contribution in [-0.2, 0) is 23.4 Å². The lowest BCUT2D eigenvalue weighted by molar-refractivity contribution is -0.893. The average molecular weight is 559 g/mol. The second kappa shape index (κ2) is 10.4. The monoisotopic (exact) mass is 558 g/mol. The van der Waals surface area contributed by atoms with Crippen molar-refractivity contribution in [2.24, 2.45) is 0 Å². The van der Waals surface area contributed by atoms with Crippen LogP contribution in [-0.4, -0.2) is 95.3 Å². The summed E-state index contributed by atoms with van der Waals surface area (Å²) in [7, 11) is 0.702. The number of rotatable bonds is 9. The minimum absolute atomic E-state index is 0.00630. The molecular weight excluding hydrogens is 529 g/mol. The number of hydrogen-bond acceptors (Lipinski definition) is 10. The highest BCUT2D eigenvalue weighted by Gasteiger charge is 2.55. The van der Waals surface area contributed by atoms with Crippen LogP contribution in [0.1, 0.15) is 18.5 Å². The second-order valence-corrected chi connectivity index (χ2v) is 13.1. The van der Waals surface area contributed by atoms with Gasteiger partial charge < -0.3 is 25.5 Å². The lowest BCUT2D eigenvalue weighted by atomic mass is 10.0. The summed E-state index contributed by atoms with van der Waals surface area (Å²) in [6.45, 7) is 2.52. The number of β-lactam (4-membered cyclic amide) rings is 1. The number of likely N-dealkylation sites (tertiary alicyclic amines) is 1. The highest BCUT2D eigenvalue weighted by Crippen LogP contribution is 2.54. The van der Waals surface area contributed by atoms with Crippen molar-refractivity contribution in [1.29, 1.82) is 0 Å². The summed E-state index contributed by atoms with van der Waals surface area (Å²) in [5.74, 6) is -0.913. The van der Waals surface area contributed by atoms with E-state index in [9.17, 15) is 24.4 Å². The Hall–Kier alpha value is -2.06. The summed E-state index contributed by atoms with van der Waals surface area (Å²) >= 11 is 2.50. The van der Waals surface area contributed by atoms with Gasteiger partial charge in [-0.1, -0.05) is 0 Å². The van der Waals surface area contributed by atoms with Crippen molar-refractivity contribution in [3.8, 4) is 0 Å². The number of nitrogens with one attached hydrogen (secondary N) is 1. The van der Waals surface area contributed by atoms with Crippen LogP contribution in [0.4, 0.5) is 5.13 Å². The molecule has 2 amide bonds. The molecule has 196 valence electrons. The summed E-state index contributed by atoms with van der Waals surface area (Å²) in [4.78, 5) is 56.6. The molecule has 0 radical (unpaired) electrons. The van der Waals surface area contributed by atoms with Crippen LogP contribution in [0, 0.1) is 0 Å². The Bertz CT molecular complexity index is 1130. The van der Waals surface area contributed by atoms with Crippen molar-refractivity contribution in [2.75, 3.05) is 52.4 Å². The van der Waals surface area contributed by atoms with Gasteiger partial charge in [-0.2, -0.15) is 0 Å². The number of carboxylic acid groups (broad SMARTS) is 1. The Labute approximate surface area is 217 Å². The van der Waals surface area contributed by atoms with Crippen molar-refractivity contribution >= 4 is 59.5 Å². The maximum Gasteiger partial charge on any atom is 0.352 e. The Kier molecular flexibility index (Phi) is 7.77. The molecule has 36 heavy (non-hydrogen) atoms. The molecule has 4 heterocycles. The van der Waals surface area contributed by atoms with Gasteiger partial charge >= 0.3 is 5.97 Å². The number of quaternary nitrogens is 1. The number of fused-ring (bicyclic) bond motifs is 1. The van der Waals surface area contributed by atoms with Gasteiger partial charge in [-0.3, -0.25) is 14.5 Å². The van der Waals surface area contributed by atoms with Gasteiger partial charge in [0.05, 0.1) is 40.1 Å². The number of thioether (sulfide) groups is 1. The zero-order chi connectivity index (χ0) is 26.3. The van der Waals surface area contributed by atoms with Crippen molar-refractivity contribution in [1.82, 2.24) is 15.2 Å². The van der Waals surface area contributed by atoms with Crippen LogP contribution in [0.15, 0.2) is 22.5 Å². The molecule has 15 heteroatoms. The third-order valence-electron chi connectivity index (χ3n) is 6.59. The van der Waals surface area contributed by atoms with E-state index in [0.717, 1.165) is 53.1 Å². The quantitative estimate of drug-likeness (QED) is 0.168. The number of amides is 2. The number of carbonyl (C=O) groups excluding carboxylic acids is 2. The molecule has 0 bridgehead atoms. The van der Waals surface area contributed by atoms with Gasteiger partial charge in [-0.05, 0) is 0 Å². The summed E-state index contributed by atoms with van der Waals surface area (Å²) in [6.07, 6.45) is 2.19. The Morgan fingerprint density at radius 1 is 1.39 bits per heavy atom. The standard InChI is InChI=1S/C21H28N5O7PS2/c1-26(6-4-5-7-26)8-12-10-35-19-15(18(28)25(19)16(12)20(29)30)24-17(27)13(9-34(31,32-2)33-3)14-11-36-21(22)23-14/h9,11,15,19H,4-8,10H2,1-3H3,(H3-,22,23,24,27,29,30)/p+1/b13-9+/t15-,19-/m1/s1. The van der Waals surface area contributed by atoms with Crippen LogP contribution in [0.5, 0.6) is 0 Å². The molecule has 0 saturated carbocycles. The van der Waals surface area contributed by atoms with E-state index in [-0.39, 0.29) is 22.1 Å². The van der Waals surface area contributed by atoms with E-state index in [0.29, 0.717) is 12.3 Å². The van der Waals surface area contributed by atoms with Gasteiger partial charge in [0.25, 0.3) is 19.8 Å². The molecule has 3 aliphatic rings. The normalized spacial score (nSPS) is 23.9. The third-order valence-corrected chi connectivity index (χ3v) is 10.2. The van der Waals surface area contributed by atoms with Gasteiger partial charge in [-0.15, -0.1) is 23.1 Å². The third kappa shape index (κ3) is 5.17. The minimum Gasteiger partial charge on any atom is -0.628 e. The van der Waals surface area contributed by atoms with Crippen LogP contribution in [0.2, 0.25) is 0 Å². The summed E-state index contributed by atoms with van der Waals surface area (Å²) < 4.78 is 10.6. The van der Waals surface area contributed by atoms with E-state index in [1.54, 1.807) is 0 Å².